The minimum absolute atomic E-state index is 0.0737. The number of hydrogen-bond acceptors (Lipinski definition) is 9. The molecule has 0 aliphatic carbocycles. The van der Waals surface area contributed by atoms with Gasteiger partial charge in [-0.05, 0) is 42.5 Å². The van der Waals surface area contributed by atoms with Crippen molar-refractivity contribution in [3.63, 3.8) is 0 Å². The molecule has 2 aromatic carbocycles. The molecule has 0 fully saturated rings. The van der Waals surface area contributed by atoms with Crippen LogP contribution in [0.25, 0.3) is 0 Å². The smallest absolute Gasteiger partial charge is 0.338 e. The number of nitrogens with two attached hydrogens (primary N) is 1. The first-order chi connectivity index (χ1) is 15.8. The Morgan fingerprint density at radius 2 is 1.70 bits per heavy atom. The summed E-state index contributed by atoms with van der Waals surface area (Å²) < 4.78 is 15.4. The van der Waals surface area contributed by atoms with Crippen LogP contribution in [0.3, 0.4) is 0 Å². The second-order valence-electron chi connectivity index (χ2n) is 6.79. The predicted octanol–water partition coefficient (Wildman–Crippen LogP) is 2.03. The normalized spacial score (nSPS) is 14.9. The molecule has 0 radical (unpaired) electrons. The highest BCUT2D eigenvalue weighted by Crippen LogP contribution is 2.28. The number of rotatable bonds is 9. The van der Waals surface area contributed by atoms with Crippen molar-refractivity contribution in [3.05, 3.63) is 53.6 Å². The SMILES string of the molecule is COc1ccc(C(=O)COC(=O)c2ccc(NC(=O)CC3SC(N)=NC3=O)cc2)cc1OC. The van der Waals surface area contributed by atoms with E-state index in [0.29, 0.717) is 22.7 Å². The number of methoxy groups -OCH3 is 2. The Balaban J connectivity index is 1.51. The number of carbonyl (C=O) groups is 4. The van der Waals surface area contributed by atoms with E-state index in [-0.39, 0.29) is 23.1 Å². The molecule has 3 rings (SSSR count). The lowest BCUT2D eigenvalue weighted by atomic mass is 10.1. The fourth-order valence-electron chi connectivity index (χ4n) is 2.91. The summed E-state index contributed by atoms with van der Waals surface area (Å²) in [6, 6.07) is 10.6. The van der Waals surface area contributed by atoms with Crippen molar-refractivity contribution in [2.24, 2.45) is 10.7 Å². The number of nitrogens with zero attached hydrogens (tertiary/aromatic N) is 1. The Morgan fingerprint density at radius 3 is 2.30 bits per heavy atom. The minimum atomic E-state index is -0.692. The number of esters is 1. The van der Waals surface area contributed by atoms with Gasteiger partial charge >= 0.3 is 5.97 Å². The van der Waals surface area contributed by atoms with E-state index in [9.17, 15) is 19.2 Å². The number of thioether (sulfide) groups is 1. The van der Waals surface area contributed by atoms with Crippen LogP contribution in [0.1, 0.15) is 27.1 Å². The van der Waals surface area contributed by atoms with Crippen LogP contribution in [0, 0.1) is 0 Å². The van der Waals surface area contributed by atoms with Crippen molar-refractivity contribution >= 4 is 46.2 Å². The van der Waals surface area contributed by atoms with Gasteiger partial charge in [0.2, 0.25) is 5.91 Å². The van der Waals surface area contributed by atoms with Gasteiger partial charge in [-0.1, -0.05) is 11.8 Å². The molecule has 0 saturated carbocycles. The van der Waals surface area contributed by atoms with Gasteiger partial charge in [0.15, 0.2) is 29.1 Å². The average Bonchev–Trinajstić information content (AvgIpc) is 3.13. The third-order valence-electron chi connectivity index (χ3n) is 4.57. The standard InChI is InChI=1S/C22H21N3O7S/c1-30-16-8-5-13(9-17(16)31-2)15(26)11-32-21(29)12-3-6-14(7-4-12)24-19(27)10-18-20(28)25-22(23)33-18/h3-9,18H,10-11H2,1-2H3,(H,24,27)(H2,23,25,28). The predicted molar refractivity (Wildman–Crippen MR) is 122 cm³/mol. The molecular formula is C22H21N3O7S. The van der Waals surface area contributed by atoms with Crippen molar-refractivity contribution < 1.29 is 33.4 Å². The maximum Gasteiger partial charge on any atom is 0.338 e. The van der Waals surface area contributed by atoms with Crippen molar-refractivity contribution in [2.45, 2.75) is 11.7 Å². The third kappa shape index (κ3) is 6.10. The summed E-state index contributed by atoms with van der Waals surface area (Å²) in [5.41, 5.74) is 6.42. The molecule has 2 aromatic rings. The van der Waals surface area contributed by atoms with E-state index in [4.69, 9.17) is 19.9 Å². The molecule has 0 bridgehead atoms. The van der Waals surface area contributed by atoms with Crippen LogP contribution in [0.5, 0.6) is 11.5 Å². The molecular weight excluding hydrogens is 450 g/mol. The van der Waals surface area contributed by atoms with E-state index in [2.05, 4.69) is 10.3 Å². The van der Waals surface area contributed by atoms with Crippen LogP contribution in [-0.2, 0) is 14.3 Å². The Kier molecular flexibility index (Phi) is 7.67. The first-order valence-corrected chi connectivity index (χ1v) is 10.6. The lowest BCUT2D eigenvalue weighted by molar-refractivity contribution is -0.121. The molecule has 2 amide bonds. The van der Waals surface area contributed by atoms with Crippen molar-refractivity contribution in [2.75, 3.05) is 26.1 Å². The number of ketones is 1. The lowest BCUT2D eigenvalue weighted by Crippen LogP contribution is -2.21. The Labute approximate surface area is 193 Å². The molecule has 1 aliphatic heterocycles. The van der Waals surface area contributed by atoms with Gasteiger partial charge in [-0.3, -0.25) is 14.4 Å². The number of aliphatic imine (C=N–C) groups is 1. The van der Waals surface area contributed by atoms with Crippen LogP contribution in [0.2, 0.25) is 0 Å². The monoisotopic (exact) mass is 471 g/mol. The molecule has 1 unspecified atom stereocenters. The van der Waals surface area contributed by atoms with Gasteiger partial charge in [-0.2, -0.15) is 4.99 Å². The van der Waals surface area contributed by atoms with Gasteiger partial charge in [0.25, 0.3) is 5.91 Å². The van der Waals surface area contributed by atoms with E-state index < -0.39 is 29.5 Å². The van der Waals surface area contributed by atoms with E-state index in [1.165, 1.54) is 44.6 Å². The largest absolute Gasteiger partial charge is 0.493 e. The molecule has 1 aliphatic rings. The number of ether oxygens (including phenoxy) is 3. The number of amides is 2. The summed E-state index contributed by atoms with van der Waals surface area (Å²) in [4.78, 5) is 51.9. The molecule has 11 heteroatoms. The molecule has 0 spiro atoms. The summed E-state index contributed by atoms with van der Waals surface area (Å²) in [7, 11) is 2.94. The number of Topliss-reactive ketones (excluding diaryl/α,β-unsaturated/α-hetero) is 1. The molecule has 10 nitrogen and oxygen atoms in total. The van der Waals surface area contributed by atoms with E-state index in [1.807, 2.05) is 0 Å². The third-order valence-corrected chi connectivity index (χ3v) is 5.56. The highest BCUT2D eigenvalue weighted by atomic mass is 32.2. The molecule has 172 valence electrons. The summed E-state index contributed by atoms with van der Waals surface area (Å²) in [6.07, 6.45) is -0.0737. The molecule has 1 heterocycles. The first kappa shape index (κ1) is 23.8. The number of hydrogen-bond donors (Lipinski definition) is 2. The fourth-order valence-corrected chi connectivity index (χ4v) is 3.73. The van der Waals surface area contributed by atoms with Gasteiger partial charge in [0, 0.05) is 17.7 Å². The molecule has 3 N–H and O–H groups in total. The fraction of sp³-hybridized carbons (Fsp3) is 0.227. The van der Waals surface area contributed by atoms with Crippen LogP contribution in [-0.4, -0.2) is 54.8 Å². The molecule has 0 aromatic heterocycles. The van der Waals surface area contributed by atoms with Gasteiger partial charge in [0.1, 0.15) is 5.25 Å². The zero-order valence-electron chi connectivity index (χ0n) is 17.8. The summed E-state index contributed by atoms with van der Waals surface area (Å²) in [5, 5.41) is 2.14. The Morgan fingerprint density at radius 1 is 1.03 bits per heavy atom. The van der Waals surface area contributed by atoms with Crippen LogP contribution in [0.4, 0.5) is 5.69 Å². The summed E-state index contributed by atoms with van der Waals surface area (Å²) in [5.74, 6) is -1.06. The molecule has 33 heavy (non-hydrogen) atoms. The zero-order valence-corrected chi connectivity index (χ0v) is 18.6. The van der Waals surface area contributed by atoms with Crippen LogP contribution < -0.4 is 20.5 Å². The number of amidine groups is 1. The van der Waals surface area contributed by atoms with Gasteiger partial charge in [-0.25, -0.2) is 4.79 Å². The zero-order chi connectivity index (χ0) is 24.0. The maximum atomic E-state index is 12.3. The number of benzene rings is 2. The Bertz CT molecular complexity index is 1120. The van der Waals surface area contributed by atoms with E-state index >= 15 is 0 Å². The Hall–Kier alpha value is -3.86. The molecule has 1 atom stereocenters. The van der Waals surface area contributed by atoms with Gasteiger partial charge < -0.3 is 25.3 Å². The van der Waals surface area contributed by atoms with E-state index in [0.717, 1.165) is 11.8 Å². The number of anilines is 1. The van der Waals surface area contributed by atoms with Crippen molar-refractivity contribution in [1.82, 2.24) is 0 Å². The first-order valence-electron chi connectivity index (χ1n) is 9.67. The summed E-state index contributed by atoms with van der Waals surface area (Å²) >= 11 is 1.04. The number of carbonyl (C=O) groups excluding carboxylic acids is 4. The van der Waals surface area contributed by atoms with Gasteiger partial charge in [-0.15, -0.1) is 0 Å². The second-order valence-corrected chi connectivity index (χ2v) is 8.02. The molecule has 0 saturated heterocycles. The van der Waals surface area contributed by atoms with Crippen molar-refractivity contribution in [1.29, 1.82) is 0 Å². The van der Waals surface area contributed by atoms with Crippen molar-refractivity contribution in [3.8, 4) is 11.5 Å². The van der Waals surface area contributed by atoms with E-state index in [1.54, 1.807) is 12.1 Å². The topological polar surface area (TPSA) is 146 Å². The highest BCUT2D eigenvalue weighted by Gasteiger charge is 2.29. The maximum absolute atomic E-state index is 12.3. The lowest BCUT2D eigenvalue weighted by Gasteiger charge is -2.10. The highest BCUT2D eigenvalue weighted by molar-refractivity contribution is 8.15. The van der Waals surface area contributed by atoms with Crippen LogP contribution in [0.15, 0.2) is 47.5 Å². The second kappa shape index (κ2) is 10.6. The van der Waals surface area contributed by atoms with Crippen LogP contribution >= 0.6 is 11.8 Å². The average molecular weight is 471 g/mol. The number of nitrogens with one attached hydrogen (secondary N) is 1. The minimum Gasteiger partial charge on any atom is -0.493 e. The van der Waals surface area contributed by atoms with Gasteiger partial charge in [0.05, 0.1) is 19.8 Å². The summed E-state index contributed by atoms with van der Waals surface area (Å²) in [6.45, 7) is -0.453. The quantitative estimate of drug-likeness (QED) is 0.414.